The number of fused-ring (bicyclic) bond motifs is 1. The third-order valence-electron chi connectivity index (χ3n) is 6.25. The summed E-state index contributed by atoms with van der Waals surface area (Å²) in [5.74, 6) is 1.87. The Hall–Kier alpha value is -3.09. The van der Waals surface area contributed by atoms with Crippen LogP contribution in [0.25, 0.3) is 0 Å². The monoisotopic (exact) mass is 529 g/mol. The number of nitrogens with zero attached hydrogens (tertiary/aromatic N) is 3. The van der Waals surface area contributed by atoms with Crippen LogP contribution in [0.3, 0.4) is 0 Å². The topological polar surface area (TPSA) is 127 Å². The Balaban J connectivity index is 1.29. The first kappa shape index (κ1) is 24.6. The molecule has 2 aliphatic rings. The van der Waals surface area contributed by atoms with E-state index < -0.39 is 15.9 Å². The number of thioether (sulfide) groups is 1. The molecule has 4 heterocycles. The molecule has 0 aliphatic carbocycles. The quantitative estimate of drug-likeness (QED) is 0.459. The van der Waals surface area contributed by atoms with Crippen molar-refractivity contribution in [2.24, 2.45) is 0 Å². The fraction of sp³-hybridized carbons (Fsp3) is 0.375. The molecule has 1 fully saturated rings. The average Bonchev–Trinajstić information content (AvgIpc) is 3.63. The minimum atomic E-state index is -3.57. The normalized spacial score (nSPS) is 16.0. The van der Waals surface area contributed by atoms with Gasteiger partial charge in [-0.05, 0) is 49.2 Å². The molecule has 2 aromatic heterocycles. The maximum absolute atomic E-state index is 13.1. The first-order valence-corrected chi connectivity index (χ1v) is 14.4. The first-order valence-electron chi connectivity index (χ1n) is 11.8. The molecule has 12 heteroatoms. The summed E-state index contributed by atoms with van der Waals surface area (Å²) in [6.45, 7) is 1.25. The zero-order chi connectivity index (χ0) is 25.1. The van der Waals surface area contributed by atoms with E-state index in [4.69, 9.17) is 4.42 Å². The predicted octanol–water partition coefficient (Wildman–Crippen LogP) is 2.97. The lowest BCUT2D eigenvalue weighted by molar-refractivity contribution is -0.122. The predicted molar refractivity (Wildman–Crippen MR) is 135 cm³/mol. The van der Waals surface area contributed by atoms with Crippen LogP contribution in [0.4, 0.5) is 5.82 Å². The molecule has 0 spiro atoms. The maximum Gasteiger partial charge on any atom is 0.256 e. The second-order valence-electron chi connectivity index (χ2n) is 8.72. The number of anilines is 1. The Labute approximate surface area is 213 Å². The molecule has 0 bridgehead atoms. The summed E-state index contributed by atoms with van der Waals surface area (Å²) in [5.41, 5.74) is 2.07. The van der Waals surface area contributed by atoms with Gasteiger partial charge in [0.25, 0.3) is 5.91 Å². The van der Waals surface area contributed by atoms with E-state index >= 15 is 0 Å². The maximum atomic E-state index is 13.1. The fourth-order valence-electron chi connectivity index (χ4n) is 4.32. The van der Waals surface area contributed by atoms with Crippen LogP contribution in [0.1, 0.15) is 46.6 Å². The van der Waals surface area contributed by atoms with E-state index in [0.29, 0.717) is 41.7 Å². The lowest BCUT2D eigenvalue weighted by Crippen LogP contribution is -2.35. The number of hydrogen-bond donors (Lipinski definition) is 2. The van der Waals surface area contributed by atoms with E-state index in [9.17, 15) is 18.0 Å². The van der Waals surface area contributed by atoms with Crippen LogP contribution in [-0.4, -0.2) is 47.4 Å². The molecule has 0 radical (unpaired) electrons. The van der Waals surface area contributed by atoms with Crippen molar-refractivity contribution < 1.29 is 22.4 Å². The van der Waals surface area contributed by atoms with Crippen molar-refractivity contribution in [3.05, 3.63) is 65.2 Å². The van der Waals surface area contributed by atoms with Gasteiger partial charge in [0.05, 0.1) is 23.4 Å². The van der Waals surface area contributed by atoms with E-state index in [1.807, 2.05) is 0 Å². The molecule has 2 amide bonds. The molecule has 2 aliphatic heterocycles. The number of rotatable bonds is 8. The van der Waals surface area contributed by atoms with Gasteiger partial charge in [0.2, 0.25) is 15.9 Å². The molecule has 5 rings (SSSR count). The molecule has 0 unspecified atom stereocenters. The molecule has 0 atom stereocenters. The minimum absolute atomic E-state index is 0.0546. The van der Waals surface area contributed by atoms with Crippen LogP contribution in [0.15, 0.2) is 52.0 Å². The number of aromatic nitrogens is 2. The van der Waals surface area contributed by atoms with Gasteiger partial charge in [-0.3, -0.25) is 9.59 Å². The van der Waals surface area contributed by atoms with Crippen molar-refractivity contribution in [2.45, 2.75) is 48.8 Å². The summed E-state index contributed by atoms with van der Waals surface area (Å²) < 4.78 is 34.0. The summed E-state index contributed by atoms with van der Waals surface area (Å²) in [5, 5.41) is 10.2. The summed E-state index contributed by atoms with van der Waals surface area (Å²) in [7, 11) is -3.57. The number of carbonyl (C=O) groups excluding carboxylic acids is 2. The standard InChI is InChI=1S/C24H27N5O5S2/c30-22(25-13-18-5-4-12-34-18)14-29-23(20-15-35-16-21(20)27-29)26-24(31)17-6-8-19(9-7-17)36(32,33)28-10-2-1-3-11-28/h4-9,12H,1-3,10-11,13-16H2,(H,25,30)(H,26,31). The summed E-state index contributed by atoms with van der Waals surface area (Å²) in [6.07, 6.45) is 4.30. The number of amides is 2. The molecule has 3 aromatic rings. The zero-order valence-corrected chi connectivity index (χ0v) is 21.2. The largest absolute Gasteiger partial charge is 0.467 e. The molecule has 0 saturated carbocycles. The van der Waals surface area contributed by atoms with E-state index in [1.54, 1.807) is 30.2 Å². The van der Waals surface area contributed by atoms with Gasteiger partial charge in [0.15, 0.2) is 0 Å². The Bertz CT molecular complexity index is 1340. The lowest BCUT2D eigenvalue weighted by Gasteiger charge is -2.25. The number of hydrogen-bond acceptors (Lipinski definition) is 7. The molecule has 1 aromatic carbocycles. The van der Waals surface area contributed by atoms with Crippen molar-refractivity contribution in [3.63, 3.8) is 0 Å². The van der Waals surface area contributed by atoms with Crippen molar-refractivity contribution in [3.8, 4) is 0 Å². The van der Waals surface area contributed by atoms with Crippen LogP contribution >= 0.6 is 11.8 Å². The zero-order valence-electron chi connectivity index (χ0n) is 19.6. The Morgan fingerprint density at radius 3 is 2.56 bits per heavy atom. The highest BCUT2D eigenvalue weighted by molar-refractivity contribution is 7.98. The Morgan fingerprint density at radius 1 is 1.06 bits per heavy atom. The number of sulfonamides is 1. The second-order valence-corrected chi connectivity index (χ2v) is 11.6. The minimum Gasteiger partial charge on any atom is -0.467 e. The van der Waals surface area contributed by atoms with Gasteiger partial charge in [-0.25, -0.2) is 13.1 Å². The fourth-order valence-corrected chi connectivity index (χ4v) is 6.88. The first-order chi connectivity index (χ1) is 17.4. The molecule has 10 nitrogen and oxygen atoms in total. The van der Waals surface area contributed by atoms with Crippen LogP contribution < -0.4 is 10.6 Å². The highest BCUT2D eigenvalue weighted by Gasteiger charge is 2.27. The summed E-state index contributed by atoms with van der Waals surface area (Å²) in [4.78, 5) is 25.8. The van der Waals surface area contributed by atoms with Gasteiger partial charge in [-0.2, -0.15) is 21.2 Å². The molecular formula is C24H27N5O5S2. The number of nitrogens with one attached hydrogen (secondary N) is 2. The van der Waals surface area contributed by atoms with Crippen molar-refractivity contribution in [1.29, 1.82) is 0 Å². The highest BCUT2D eigenvalue weighted by atomic mass is 32.2. The summed E-state index contributed by atoms with van der Waals surface area (Å²) in [6, 6.07) is 9.49. The molecule has 1 saturated heterocycles. The van der Waals surface area contributed by atoms with Gasteiger partial charge in [0.1, 0.15) is 18.1 Å². The van der Waals surface area contributed by atoms with E-state index in [2.05, 4.69) is 15.7 Å². The number of carbonyl (C=O) groups is 2. The van der Waals surface area contributed by atoms with Gasteiger partial charge in [0, 0.05) is 35.7 Å². The van der Waals surface area contributed by atoms with E-state index in [1.165, 1.54) is 33.3 Å². The third-order valence-corrected chi connectivity index (χ3v) is 9.14. The van der Waals surface area contributed by atoms with Gasteiger partial charge in [-0.1, -0.05) is 6.42 Å². The number of piperidine rings is 1. The Morgan fingerprint density at radius 2 is 1.83 bits per heavy atom. The molecule has 2 N–H and O–H groups in total. The Kier molecular flexibility index (Phi) is 7.17. The van der Waals surface area contributed by atoms with Crippen molar-refractivity contribution in [1.82, 2.24) is 19.4 Å². The average molecular weight is 530 g/mol. The smallest absolute Gasteiger partial charge is 0.256 e. The summed E-state index contributed by atoms with van der Waals surface area (Å²) >= 11 is 1.69. The second kappa shape index (κ2) is 10.5. The lowest BCUT2D eigenvalue weighted by atomic mass is 10.2. The van der Waals surface area contributed by atoms with Crippen LogP contribution in [0.5, 0.6) is 0 Å². The van der Waals surface area contributed by atoms with Crippen LogP contribution in [0, 0.1) is 0 Å². The number of furan rings is 1. The van der Waals surface area contributed by atoms with Crippen molar-refractivity contribution in [2.75, 3.05) is 18.4 Å². The molecule has 190 valence electrons. The van der Waals surface area contributed by atoms with Gasteiger partial charge in [-0.15, -0.1) is 0 Å². The van der Waals surface area contributed by atoms with E-state index in [-0.39, 0.29) is 23.9 Å². The van der Waals surface area contributed by atoms with Crippen LogP contribution in [-0.2, 0) is 39.4 Å². The SMILES string of the molecule is O=C(Cn1nc2c(c1NC(=O)c1ccc(S(=O)(=O)N3CCCCC3)cc1)CSC2)NCc1ccco1. The highest BCUT2D eigenvalue weighted by Crippen LogP contribution is 2.35. The van der Waals surface area contributed by atoms with E-state index in [0.717, 1.165) is 30.5 Å². The molecule has 36 heavy (non-hydrogen) atoms. The number of benzene rings is 1. The third kappa shape index (κ3) is 5.20. The molecular weight excluding hydrogens is 502 g/mol. The van der Waals surface area contributed by atoms with Gasteiger partial charge >= 0.3 is 0 Å². The van der Waals surface area contributed by atoms with Crippen LogP contribution in [0.2, 0.25) is 0 Å². The van der Waals surface area contributed by atoms with Crippen molar-refractivity contribution >= 4 is 39.4 Å². The van der Waals surface area contributed by atoms with Gasteiger partial charge < -0.3 is 15.1 Å².